The number of aryl methyl sites for hydroxylation is 1. The lowest BCUT2D eigenvalue weighted by Crippen LogP contribution is -2.06. The van der Waals surface area contributed by atoms with Gasteiger partial charge in [-0.25, -0.2) is 4.68 Å². The van der Waals surface area contributed by atoms with E-state index in [4.69, 9.17) is 0 Å². The van der Waals surface area contributed by atoms with E-state index in [9.17, 15) is 9.59 Å². The molecular weight excluding hydrogens is 386 g/mol. The van der Waals surface area contributed by atoms with Crippen LogP contribution in [0.1, 0.15) is 43.2 Å². The lowest BCUT2D eigenvalue weighted by atomic mass is 10.1. The van der Waals surface area contributed by atoms with Crippen LogP contribution in [0.15, 0.2) is 84.9 Å². The van der Waals surface area contributed by atoms with E-state index in [2.05, 4.69) is 10.3 Å². The highest BCUT2D eigenvalue weighted by Gasteiger charge is 2.19. The number of rotatable bonds is 6. The second kappa shape index (κ2) is 8.71. The van der Waals surface area contributed by atoms with Gasteiger partial charge >= 0.3 is 0 Å². The van der Waals surface area contributed by atoms with E-state index in [0.717, 1.165) is 16.8 Å². The van der Waals surface area contributed by atoms with E-state index in [-0.39, 0.29) is 11.6 Å². The second-order valence-electron chi connectivity index (χ2n) is 7.25. The summed E-state index contributed by atoms with van der Waals surface area (Å²) in [6.45, 7) is 3.80. The first-order valence-electron chi connectivity index (χ1n) is 9.95. The van der Waals surface area contributed by atoms with Crippen LogP contribution in [-0.2, 0) is 0 Å². The van der Waals surface area contributed by atoms with Gasteiger partial charge in [-0.3, -0.25) is 9.59 Å². The van der Waals surface area contributed by atoms with Crippen molar-refractivity contribution < 1.29 is 9.59 Å². The maximum atomic E-state index is 12.8. The lowest BCUT2D eigenvalue weighted by molar-refractivity contribution is 0.103. The standard InChI is InChI=1S/C26H21N3O2/c1-18-12-14-21(15-13-18)24(30)17-16-20-8-6-7-11-23(20)29-19(2)25(27-28-29)26(31)22-9-4-3-5-10-22/h3-17H,1-2H3/b17-16+. The fourth-order valence-corrected chi connectivity index (χ4v) is 3.29. The summed E-state index contributed by atoms with van der Waals surface area (Å²) in [5.41, 5.74) is 4.79. The normalized spacial score (nSPS) is 11.0. The highest BCUT2D eigenvalue weighted by Crippen LogP contribution is 2.20. The summed E-state index contributed by atoms with van der Waals surface area (Å²) >= 11 is 0. The van der Waals surface area contributed by atoms with E-state index in [1.54, 1.807) is 29.0 Å². The zero-order valence-corrected chi connectivity index (χ0v) is 17.3. The Morgan fingerprint density at radius 3 is 2.23 bits per heavy atom. The Bertz CT molecular complexity index is 1270. The molecule has 3 aromatic carbocycles. The molecule has 1 heterocycles. The minimum absolute atomic E-state index is 0.0786. The van der Waals surface area contributed by atoms with Crippen LogP contribution >= 0.6 is 0 Å². The zero-order chi connectivity index (χ0) is 21.8. The number of hydrogen-bond donors (Lipinski definition) is 0. The third-order valence-corrected chi connectivity index (χ3v) is 5.06. The van der Waals surface area contributed by atoms with Gasteiger partial charge in [0.15, 0.2) is 11.5 Å². The molecule has 152 valence electrons. The van der Waals surface area contributed by atoms with Crippen LogP contribution in [0.3, 0.4) is 0 Å². The smallest absolute Gasteiger partial charge is 0.215 e. The molecule has 0 fully saturated rings. The summed E-state index contributed by atoms with van der Waals surface area (Å²) < 4.78 is 1.63. The van der Waals surface area contributed by atoms with E-state index in [0.29, 0.717) is 22.5 Å². The maximum absolute atomic E-state index is 12.8. The predicted molar refractivity (Wildman–Crippen MR) is 121 cm³/mol. The van der Waals surface area contributed by atoms with Crippen molar-refractivity contribution in [3.05, 3.63) is 119 Å². The van der Waals surface area contributed by atoms with Gasteiger partial charge in [0.2, 0.25) is 5.78 Å². The van der Waals surface area contributed by atoms with E-state index >= 15 is 0 Å². The molecule has 0 unspecified atom stereocenters. The number of para-hydroxylation sites is 1. The summed E-state index contributed by atoms with van der Waals surface area (Å²) in [4.78, 5) is 25.3. The van der Waals surface area contributed by atoms with Crippen LogP contribution in [0.4, 0.5) is 0 Å². The highest BCUT2D eigenvalue weighted by molar-refractivity contribution is 6.08. The SMILES string of the molecule is Cc1ccc(C(=O)/C=C/c2ccccc2-n2nnc(C(=O)c3ccccc3)c2C)cc1. The van der Waals surface area contributed by atoms with Crippen LogP contribution in [0.5, 0.6) is 0 Å². The number of nitrogens with zero attached hydrogens (tertiary/aromatic N) is 3. The fourth-order valence-electron chi connectivity index (χ4n) is 3.29. The molecule has 4 rings (SSSR count). The van der Waals surface area contributed by atoms with Gasteiger partial charge in [-0.2, -0.15) is 0 Å². The van der Waals surface area contributed by atoms with Crippen LogP contribution in [0, 0.1) is 13.8 Å². The van der Waals surface area contributed by atoms with Crippen LogP contribution in [-0.4, -0.2) is 26.6 Å². The summed E-state index contributed by atoms with van der Waals surface area (Å²) in [6.07, 6.45) is 3.31. The van der Waals surface area contributed by atoms with Crippen molar-refractivity contribution in [1.82, 2.24) is 15.0 Å². The average molecular weight is 407 g/mol. The quantitative estimate of drug-likeness (QED) is 0.333. The first kappa shape index (κ1) is 20.2. The molecule has 0 aliphatic heterocycles. The van der Waals surface area contributed by atoms with Crippen molar-refractivity contribution in [2.75, 3.05) is 0 Å². The summed E-state index contributed by atoms with van der Waals surface area (Å²) in [5.74, 6) is -0.253. The molecule has 5 heteroatoms. The van der Waals surface area contributed by atoms with Crippen LogP contribution in [0.2, 0.25) is 0 Å². The number of benzene rings is 3. The molecule has 0 N–H and O–H groups in total. The second-order valence-corrected chi connectivity index (χ2v) is 7.25. The minimum atomic E-state index is -0.174. The Balaban J connectivity index is 1.65. The number of hydrogen-bond acceptors (Lipinski definition) is 4. The first-order chi connectivity index (χ1) is 15.0. The van der Waals surface area contributed by atoms with E-state index in [1.807, 2.05) is 80.6 Å². The minimum Gasteiger partial charge on any atom is -0.289 e. The third-order valence-electron chi connectivity index (χ3n) is 5.06. The maximum Gasteiger partial charge on any atom is 0.215 e. The molecule has 31 heavy (non-hydrogen) atoms. The molecule has 1 aromatic heterocycles. The molecule has 0 saturated carbocycles. The summed E-state index contributed by atoms with van der Waals surface area (Å²) in [5, 5.41) is 8.35. The molecule has 0 aliphatic rings. The molecule has 0 atom stereocenters. The Morgan fingerprint density at radius 2 is 1.48 bits per heavy atom. The fraction of sp³-hybridized carbons (Fsp3) is 0.0769. The lowest BCUT2D eigenvalue weighted by Gasteiger charge is -2.07. The number of carbonyl (C=O) groups excluding carboxylic acids is 2. The zero-order valence-electron chi connectivity index (χ0n) is 17.3. The van der Waals surface area contributed by atoms with Crippen molar-refractivity contribution in [3.63, 3.8) is 0 Å². The average Bonchev–Trinajstić information content (AvgIpc) is 3.19. The first-order valence-corrected chi connectivity index (χ1v) is 9.95. The Labute approximate surface area is 180 Å². The third kappa shape index (κ3) is 4.26. The van der Waals surface area contributed by atoms with Crippen molar-refractivity contribution in [1.29, 1.82) is 0 Å². The largest absolute Gasteiger partial charge is 0.289 e. The Hall–Kier alpha value is -4.12. The number of carbonyl (C=O) groups is 2. The molecule has 4 aromatic rings. The molecule has 5 nitrogen and oxygen atoms in total. The van der Waals surface area contributed by atoms with Crippen LogP contribution < -0.4 is 0 Å². The topological polar surface area (TPSA) is 64.8 Å². The monoisotopic (exact) mass is 407 g/mol. The van der Waals surface area contributed by atoms with Gasteiger partial charge in [0.25, 0.3) is 0 Å². The Kier molecular flexibility index (Phi) is 5.67. The van der Waals surface area contributed by atoms with E-state index in [1.165, 1.54) is 0 Å². The van der Waals surface area contributed by atoms with Gasteiger partial charge < -0.3 is 0 Å². The van der Waals surface area contributed by atoms with Gasteiger partial charge in [-0.15, -0.1) is 5.10 Å². The molecule has 0 amide bonds. The van der Waals surface area contributed by atoms with Crippen molar-refractivity contribution in [2.45, 2.75) is 13.8 Å². The summed E-state index contributed by atoms with van der Waals surface area (Å²) in [6, 6.07) is 24.0. The van der Waals surface area contributed by atoms with Crippen molar-refractivity contribution in [2.24, 2.45) is 0 Å². The van der Waals surface area contributed by atoms with E-state index < -0.39 is 0 Å². The number of aromatic nitrogens is 3. The highest BCUT2D eigenvalue weighted by atomic mass is 16.1. The van der Waals surface area contributed by atoms with Gasteiger partial charge in [0.05, 0.1) is 11.4 Å². The number of ketones is 2. The Morgan fingerprint density at radius 1 is 0.806 bits per heavy atom. The molecule has 0 saturated heterocycles. The molecule has 0 aliphatic carbocycles. The number of allylic oxidation sites excluding steroid dienone is 1. The summed E-state index contributed by atoms with van der Waals surface area (Å²) in [7, 11) is 0. The van der Waals surface area contributed by atoms with Crippen molar-refractivity contribution >= 4 is 17.6 Å². The molecule has 0 radical (unpaired) electrons. The van der Waals surface area contributed by atoms with Gasteiger partial charge in [0.1, 0.15) is 0 Å². The van der Waals surface area contributed by atoms with Crippen LogP contribution in [0.25, 0.3) is 11.8 Å². The van der Waals surface area contributed by atoms with Crippen molar-refractivity contribution in [3.8, 4) is 5.69 Å². The molecule has 0 bridgehead atoms. The predicted octanol–water partition coefficient (Wildman–Crippen LogP) is 5.01. The molecule has 0 spiro atoms. The van der Waals surface area contributed by atoms with Gasteiger partial charge in [-0.1, -0.05) is 83.6 Å². The molecular formula is C26H21N3O2. The van der Waals surface area contributed by atoms with Gasteiger partial charge in [-0.05, 0) is 32.1 Å². The van der Waals surface area contributed by atoms with Gasteiger partial charge in [0, 0.05) is 16.7 Å².